The Labute approximate surface area is 173 Å². The van der Waals surface area contributed by atoms with E-state index in [9.17, 15) is 9.18 Å². The summed E-state index contributed by atoms with van der Waals surface area (Å²) in [5, 5.41) is 14.2. The summed E-state index contributed by atoms with van der Waals surface area (Å²) < 4.78 is 13.7. The molecule has 0 atom stereocenters. The van der Waals surface area contributed by atoms with E-state index < -0.39 is 5.82 Å². The van der Waals surface area contributed by atoms with Gasteiger partial charge in [-0.2, -0.15) is 0 Å². The van der Waals surface area contributed by atoms with Gasteiger partial charge in [-0.3, -0.25) is 0 Å². The van der Waals surface area contributed by atoms with E-state index in [0.717, 1.165) is 11.4 Å². The number of rotatable bonds is 4. The van der Waals surface area contributed by atoms with Crippen LogP contribution in [0.3, 0.4) is 0 Å². The molecule has 1 saturated heterocycles. The Morgan fingerprint density at radius 1 is 0.967 bits per heavy atom. The van der Waals surface area contributed by atoms with Crippen molar-refractivity contribution in [2.24, 2.45) is 0 Å². The SMILES string of the molecule is Cc1ccc(Nc2ccc(N3CCN(C(=O)Nc4ccccc4F)CC3)nn2)nc1. The van der Waals surface area contributed by atoms with Gasteiger partial charge in [0.2, 0.25) is 0 Å². The van der Waals surface area contributed by atoms with Crippen LogP contribution in [0.15, 0.2) is 54.7 Å². The monoisotopic (exact) mass is 407 g/mol. The standard InChI is InChI=1S/C21H22FN7O/c1-15-6-7-18(23-14-15)25-19-8-9-20(27-26-19)28-10-12-29(13-11-28)21(30)24-17-5-3-2-4-16(17)22/h2-9,14H,10-13H2,1H3,(H,24,30)(H,23,25,26). The number of carbonyl (C=O) groups excluding carboxylic acids is 1. The summed E-state index contributed by atoms with van der Waals surface area (Å²) in [6.45, 7) is 4.23. The van der Waals surface area contributed by atoms with Gasteiger partial charge in [0.1, 0.15) is 11.6 Å². The molecule has 0 bridgehead atoms. The van der Waals surface area contributed by atoms with Crippen LogP contribution in [-0.4, -0.2) is 52.3 Å². The first-order valence-electron chi connectivity index (χ1n) is 9.67. The van der Waals surface area contributed by atoms with Crippen molar-refractivity contribution in [3.05, 3.63) is 66.1 Å². The van der Waals surface area contributed by atoms with Crippen LogP contribution in [0.2, 0.25) is 0 Å². The molecule has 2 N–H and O–H groups in total. The Kier molecular flexibility index (Phi) is 5.69. The van der Waals surface area contributed by atoms with E-state index in [4.69, 9.17) is 0 Å². The number of hydrogen-bond acceptors (Lipinski definition) is 6. The van der Waals surface area contributed by atoms with Crippen molar-refractivity contribution in [1.29, 1.82) is 0 Å². The minimum atomic E-state index is -0.450. The molecule has 1 aliphatic heterocycles. The average molecular weight is 407 g/mol. The highest BCUT2D eigenvalue weighted by molar-refractivity contribution is 5.89. The van der Waals surface area contributed by atoms with Crippen molar-refractivity contribution in [3.8, 4) is 0 Å². The van der Waals surface area contributed by atoms with Crippen LogP contribution >= 0.6 is 0 Å². The molecule has 9 heteroatoms. The number of piperazine rings is 1. The van der Waals surface area contributed by atoms with Crippen LogP contribution in [-0.2, 0) is 0 Å². The molecule has 3 aromatic rings. The van der Waals surface area contributed by atoms with Gasteiger partial charge in [-0.1, -0.05) is 18.2 Å². The lowest BCUT2D eigenvalue weighted by molar-refractivity contribution is 0.208. The van der Waals surface area contributed by atoms with E-state index in [1.54, 1.807) is 29.3 Å². The van der Waals surface area contributed by atoms with Gasteiger partial charge in [0, 0.05) is 32.4 Å². The number of nitrogens with one attached hydrogen (secondary N) is 2. The third kappa shape index (κ3) is 4.62. The van der Waals surface area contributed by atoms with Crippen molar-refractivity contribution in [2.75, 3.05) is 41.7 Å². The van der Waals surface area contributed by atoms with Crippen molar-refractivity contribution in [2.45, 2.75) is 6.92 Å². The van der Waals surface area contributed by atoms with E-state index in [0.29, 0.717) is 37.8 Å². The fraction of sp³-hybridized carbons (Fsp3) is 0.238. The normalized spacial score (nSPS) is 13.8. The Morgan fingerprint density at radius 3 is 2.40 bits per heavy atom. The molecule has 4 rings (SSSR count). The summed E-state index contributed by atoms with van der Waals surface area (Å²) in [6.07, 6.45) is 1.78. The number of pyridine rings is 1. The number of para-hydroxylation sites is 1. The van der Waals surface area contributed by atoms with E-state index in [1.165, 1.54) is 6.07 Å². The first-order chi connectivity index (χ1) is 14.6. The molecule has 0 unspecified atom stereocenters. The molecular formula is C21H22FN7O. The smallest absolute Gasteiger partial charge is 0.322 e. The van der Waals surface area contributed by atoms with Crippen LogP contribution in [0.5, 0.6) is 0 Å². The van der Waals surface area contributed by atoms with Gasteiger partial charge in [-0.05, 0) is 42.8 Å². The van der Waals surface area contributed by atoms with Crippen molar-refractivity contribution < 1.29 is 9.18 Å². The number of aromatic nitrogens is 3. The molecule has 2 aromatic heterocycles. The number of aryl methyl sites for hydroxylation is 1. The van der Waals surface area contributed by atoms with E-state index in [-0.39, 0.29) is 11.7 Å². The third-order valence-electron chi connectivity index (χ3n) is 4.82. The Morgan fingerprint density at radius 2 is 1.73 bits per heavy atom. The highest BCUT2D eigenvalue weighted by atomic mass is 19.1. The summed E-state index contributed by atoms with van der Waals surface area (Å²) in [5.41, 5.74) is 1.27. The van der Waals surface area contributed by atoms with Crippen LogP contribution in [0.4, 0.5) is 32.3 Å². The largest absolute Gasteiger partial charge is 0.352 e. The summed E-state index contributed by atoms with van der Waals surface area (Å²) in [5.74, 6) is 1.61. The lowest BCUT2D eigenvalue weighted by atomic mass is 10.3. The topological polar surface area (TPSA) is 86.3 Å². The number of amides is 2. The molecule has 30 heavy (non-hydrogen) atoms. The maximum atomic E-state index is 13.7. The van der Waals surface area contributed by atoms with Gasteiger partial charge in [0.25, 0.3) is 0 Å². The van der Waals surface area contributed by atoms with Gasteiger partial charge in [-0.25, -0.2) is 14.2 Å². The van der Waals surface area contributed by atoms with Gasteiger partial charge >= 0.3 is 6.03 Å². The van der Waals surface area contributed by atoms with Gasteiger partial charge < -0.3 is 20.4 Å². The number of hydrogen-bond donors (Lipinski definition) is 2. The van der Waals surface area contributed by atoms with Gasteiger partial charge in [0.15, 0.2) is 11.6 Å². The second-order valence-corrected chi connectivity index (χ2v) is 7.01. The van der Waals surface area contributed by atoms with E-state index >= 15 is 0 Å². The Hall–Kier alpha value is -3.75. The third-order valence-corrected chi connectivity index (χ3v) is 4.82. The predicted octanol–water partition coefficient (Wildman–Crippen LogP) is 3.42. The molecule has 154 valence electrons. The summed E-state index contributed by atoms with van der Waals surface area (Å²) >= 11 is 0. The zero-order valence-electron chi connectivity index (χ0n) is 16.5. The molecule has 0 spiro atoms. The molecule has 0 saturated carbocycles. The van der Waals surface area contributed by atoms with E-state index in [1.807, 2.05) is 31.2 Å². The fourth-order valence-corrected chi connectivity index (χ4v) is 3.13. The highest BCUT2D eigenvalue weighted by Crippen LogP contribution is 2.18. The summed E-state index contributed by atoms with van der Waals surface area (Å²) in [7, 11) is 0. The number of anilines is 4. The first kappa shape index (κ1) is 19.6. The number of nitrogens with zero attached hydrogens (tertiary/aromatic N) is 5. The number of halogens is 1. The van der Waals surface area contributed by atoms with Crippen molar-refractivity contribution in [3.63, 3.8) is 0 Å². The van der Waals surface area contributed by atoms with Gasteiger partial charge in [0.05, 0.1) is 5.69 Å². The zero-order chi connectivity index (χ0) is 20.9. The maximum absolute atomic E-state index is 13.7. The lowest BCUT2D eigenvalue weighted by Gasteiger charge is -2.35. The Bertz CT molecular complexity index is 1000. The average Bonchev–Trinajstić information content (AvgIpc) is 2.77. The van der Waals surface area contributed by atoms with Crippen LogP contribution in [0.25, 0.3) is 0 Å². The summed E-state index contributed by atoms with van der Waals surface area (Å²) in [6, 6.07) is 13.4. The lowest BCUT2D eigenvalue weighted by Crippen LogP contribution is -2.50. The van der Waals surface area contributed by atoms with Gasteiger partial charge in [-0.15, -0.1) is 10.2 Å². The molecule has 0 aliphatic carbocycles. The number of carbonyl (C=O) groups is 1. The molecule has 3 heterocycles. The van der Waals surface area contributed by atoms with E-state index in [2.05, 4.69) is 30.7 Å². The molecule has 8 nitrogen and oxygen atoms in total. The molecule has 2 amide bonds. The fourth-order valence-electron chi connectivity index (χ4n) is 3.13. The predicted molar refractivity (Wildman–Crippen MR) is 113 cm³/mol. The molecule has 1 fully saturated rings. The van der Waals surface area contributed by atoms with Crippen LogP contribution < -0.4 is 15.5 Å². The van der Waals surface area contributed by atoms with Crippen LogP contribution in [0, 0.1) is 12.7 Å². The quantitative estimate of drug-likeness (QED) is 0.689. The number of benzene rings is 1. The second kappa shape index (κ2) is 8.73. The number of urea groups is 1. The highest BCUT2D eigenvalue weighted by Gasteiger charge is 2.22. The zero-order valence-corrected chi connectivity index (χ0v) is 16.5. The van der Waals surface area contributed by atoms with Crippen molar-refractivity contribution in [1.82, 2.24) is 20.1 Å². The molecule has 1 aromatic carbocycles. The summed E-state index contributed by atoms with van der Waals surface area (Å²) in [4.78, 5) is 20.4. The molecular weight excluding hydrogens is 385 g/mol. The second-order valence-electron chi connectivity index (χ2n) is 7.01. The molecule has 0 radical (unpaired) electrons. The van der Waals surface area contributed by atoms with Crippen molar-refractivity contribution >= 4 is 29.2 Å². The maximum Gasteiger partial charge on any atom is 0.322 e. The Balaban J connectivity index is 1.31. The van der Waals surface area contributed by atoms with Crippen LogP contribution in [0.1, 0.15) is 5.56 Å². The molecule has 1 aliphatic rings. The first-order valence-corrected chi connectivity index (χ1v) is 9.67. The minimum Gasteiger partial charge on any atom is -0.352 e. The minimum absolute atomic E-state index is 0.182.